The van der Waals surface area contributed by atoms with Gasteiger partial charge in [0, 0.05) is 66.0 Å². The van der Waals surface area contributed by atoms with Crippen LogP contribution in [-0.2, 0) is 27.5 Å². The maximum absolute atomic E-state index is 13.8. The van der Waals surface area contributed by atoms with E-state index in [1.54, 1.807) is 36.3 Å². The van der Waals surface area contributed by atoms with Crippen LogP contribution >= 0.6 is 11.8 Å². The fourth-order valence-electron chi connectivity index (χ4n) is 9.37. The molecular weight excluding hydrogens is 917 g/mol. The summed E-state index contributed by atoms with van der Waals surface area (Å²) >= 11 is 1.89. The van der Waals surface area contributed by atoms with Crippen LogP contribution in [0.4, 0.5) is 4.79 Å². The zero-order valence-electron chi connectivity index (χ0n) is 40.8. The molecular formula is C54H64N10O6S. The highest BCUT2D eigenvalue weighted by Gasteiger charge is 2.42. The zero-order valence-corrected chi connectivity index (χ0v) is 41.6. The maximum atomic E-state index is 13.8. The molecule has 3 aromatic carbocycles. The molecule has 4 N–H and O–H groups in total. The number of rotatable bonds is 23. The van der Waals surface area contributed by atoms with Crippen LogP contribution in [0.5, 0.6) is 5.75 Å². The molecule has 3 saturated heterocycles. The fraction of sp³-hybridized carbons (Fsp3) is 0.407. The number of carbonyl (C=O) groups excluding carboxylic acids is 5. The minimum atomic E-state index is -0.179. The van der Waals surface area contributed by atoms with E-state index < -0.39 is 0 Å². The summed E-state index contributed by atoms with van der Waals surface area (Å²) in [6.07, 6.45) is 19.2. The number of aryl methyl sites for hydroxylation is 2. The highest BCUT2D eigenvalue weighted by Crippen LogP contribution is 2.34. The molecule has 0 spiro atoms. The molecule has 8 rings (SSSR count). The van der Waals surface area contributed by atoms with Crippen LogP contribution < -0.4 is 26.0 Å². The smallest absolute Gasteiger partial charge is 0.315 e. The van der Waals surface area contributed by atoms with Crippen molar-refractivity contribution in [3.05, 3.63) is 136 Å². The van der Waals surface area contributed by atoms with Crippen LogP contribution in [-0.4, -0.2) is 102 Å². The molecule has 2 aromatic heterocycles. The summed E-state index contributed by atoms with van der Waals surface area (Å²) in [6, 6.07) is 20.7. The highest BCUT2D eigenvalue weighted by molar-refractivity contribution is 8.00. The van der Waals surface area contributed by atoms with Gasteiger partial charge in [-0.25, -0.2) is 9.78 Å². The second-order valence-electron chi connectivity index (χ2n) is 18.5. The molecule has 372 valence electrons. The summed E-state index contributed by atoms with van der Waals surface area (Å²) in [5.74, 6) is 1.36. The van der Waals surface area contributed by atoms with E-state index in [1.165, 1.54) is 6.08 Å². The van der Waals surface area contributed by atoms with Crippen molar-refractivity contribution in [2.75, 3.05) is 26.0 Å². The predicted octanol–water partition coefficient (Wildman–Crippen LogP) is 7.51. The minimum absolute atomic E-state index is 0.00373. The third-order valence-electron chi connectivity index (χ3n) is 13.4. The molecule has 16 nitrogen and oxygen atoms in total. The first kappa shape index (κ1) is 50.4. The lowest BCUT2D eigenvalue weighted by Crippen LogP contribution is -2.38. The number of urea groups is 1. The van der Waals surface area contributed by atoms with E-state index in [2.05, 4.69) is 36.6 Å². The van der Waals surface area contributed by atoms with Gasteiger partial charge in [0.25, 0.3) is 0 Å². The Bertz CT molecular complexity index is 2730. The number of methoxy groups -OCH3 is 1. The van der Waals surface area contributed by atoms with Gasteiger partial charge >= 0.3 is 6.03 Å². The van der Waals surface area contributed by atoms with Crippen molar-refractivity contribution >= 4 is 53.4 Å². The first-order valence-electron chi connectivity index (χ1n) is 24.8. The van der Waals surface area contributed by atoms with E-state index in [-0.39, 0.29) is 47.7 Å². The van der Waals surface area contributed by atoms with Crippen LogP contribution in [0.25, 0.3) is 17.8 Å². The Labute approximate surface area is 419 Å². The molecule has 0 saturated carbocycles. The summed E-state index contributed by atoms with van der Waals surface area (Å²) < 4.78 is 9.41. The van der Waals surface area contributed by atoms with Gasteiger partial charge in [0.1, 0.15) is 11.4 Å². The first-order chi connectivity index (χ1) is 34.5. The minimum Gasteiger partial charge on any atom is -0.495 e. The Balaban J connectivity index is 0.694. The second kappa shape index (κ2) is 24.2. The Morgan fingerprint density at radius 1 is 0.915 bits per heavy atom. The maximum Gasteiger partial charge on any atom is 0.315 e. The number of carbonyl (C=O) groups is 5. The number of nitrogens with zero attached hydrogens (tertiary/aromatic N) is 6. The quantitative estimate of drug-likeness (QED) is 0.0220. The van der Waals surface area contributed by atoms with Gasteiger partial charge in [-0.3, -0.25) is 23.9 Å². The third kappa shape index (κ3) is 13.4. The number of unbranched alkanes of at least 4 members (excludes halogenated alkanes) is 4. The number of nitrogens with one attached hydrogen (secondary N) is 4. The normalized spacial score (nSPS) is 18.6. The number of thioether (sulfide) groups is 1. The highest BCUT2D eigenvalue weighted by atomic mass is 32.2. The summed E-state index contributed by atoms with van der Waals surface area (Å²) in [6.45, 7) is 6.26. The van der Waals surface area contributed by atoms with Gasteiger partial charge in [-0.05, 0) is 93.3 Å². The van der Waals surface area contributed by atoms with Crippen molar-refractivity contribution in [1.29, 1.82) is 0 Å². The van der Waals surface area contributed by atoms with Gasteiger partial charge in [-0.15, -0.1) is 5.10 Å². The number of hydrogen-bond acceptors (Lipinski definition) is 10. The number of aromatic nitrogens is 5. The van der Waals surface area contributed by atoms with Gasteiger partial charge in [0.05, 0.1) is 55.7 Å². The molecule has 1 unspecified atom stereocenters. The topological polar surface area (TPSA) is 194 Å². The van der Waals surface area contributed by atoms with Gasteiger partial charge in [-0.1, -0.05) is 79.1 Å². The number of fused-ring (bicyclic) bond motifs is 1. The molecule has 3 fully saturated rings. The van der Waals surface area contributed by atoms with Crippen molar-refractivity contribution in [3.8, 4) is 11.4 Å². The number of likely N-dealkylation sites (tertiary alicyclic amines) is 1. The van der Waals surface area contributed by atoms with E-state index in [1.807, 2.05) is 108 Å². The molecule has 5 heterocycles. The molecule has 0 bridgehead atoms. The molecule has 0 radical (unpaired) electrons. The summed E-state index contributed by atoms with van der Waals surface area (Å²) in [5, 5.41) is 20.7. The average Bonchev–Trinajstić information content (AvgIpc) is 4.20. The van der Waals surface area contributed by atoms with E-state index in [9.17, 15) is 24.0 Å². The van der Waals surface area contributed by atoms with Gasteiger partial charge < -0.3 is 35.5 Å². The van der Waals surface area contributed by atoms with Gasteiger partial charge in [-0.2, -0.15) is 11.8 Å². The summed E-state index contributed by atoms with van der Waals surface area (Å²) in [5.41, 5.74) is 7.01. The van der Waals surface area contributed by atoms with Crippen LogP contribution in [0.3, 0.4) is 0 Å². The largest absolute Gasteiger partial charge is 0.495 e. The van der Waals surface area contributed by atoms with Crippen molar-refractivity contribution in [2.24, 2.45) is 0 Å². The van der Waals surface area contributed by atoms with Crippen molar-refractivity contribution in [1.82, 2.24) is 50.7 Å². The molecule has 71 heavy (non-hydrogen) atoms. The molecule has 5 amide bonds. The lowest BCUT2D eigenvalue weighted by Gasteiger charge is -2.34. The van der Waals surface area contributed by atoms with Crippen LogP contribution in [0.1, 0.15) is 121 Å². The Morgan fingerprint density at radius 3 is 2.46 bits per heavy atom. The third-order valence-corrected chi connectivity index (χ3v) is 14.9. The van der Waals surface area contributed by atoms with Crippen molar-refractivity contribution in [3.63, 3.8) is 0 Å². The number of piperidine rings is 1. The van der Waals surface area contributed by atoms with E-state index in [0.29, 0.717) is 54.6 Å². The van der Waals surface area contributed by atoms with E-state index >= 15 is 0 Å². The number of benzene rings is 3. The fourth-order valence-corrected chi connectivity index (χ4v) is 10.9. The van der Waals surface area contributed by atoms with E-state index in [0.717, 1.165) is 103 Å². The van der Waals surface area contributed by atoms with Crippen LogP contribution in [0, 0.1) is 6.92 Å². The zero-order chi connectivity index (χ0) is 49.7. The monoisotopic (exact) mass is 980 g/mol. The van der Waals surface area contributed by atoms with Crippen molar-refractivity contribution in [2.45, 2.75) is 115 Å². The van der Waals surface area contributed by atoms with Crippen LogP contribution in [0.2, 0.25) is 0 Å². The number of amides is 5. The Hall–Kier alpha value is -7.01. The molecule has 3 aliphatic rings. The van der Waals surface area contributed by atoms with Crippen molar-refractivity contribution < 1.29 is 28.7 Å². The number of ether oxygens (including phenoxy) is 1. The molecule has 4 atom stereocenters. The second-order valence-corrected chi connectivity index (χ2v) is 19.8. The molecule has 5 aromatic rings. The summed E-state index contributed by atoms with van der Waals surface area (Å²) in [4.78, 5) is 69.9. The van der Waals surface area contributed by atoms with Gasteiger partial charge in [0.15, 0.2) is 5.78 Å². The lowest BCUT2D eigenvalue weighted by atomic mass is 9.96. The molecule has 3 aliphatic heterocycles. The lowest BCUT2D eigenvalue weighted by molar-refractivity contribution is -0.130. The SMILES string of the molecule is COc1cc(/C=C2\CCCN(C(C)c3ccc(C(=O)c4ccc(C=CC(=O)NCCCCCCn5cc(CNC(=O)CCCC[C@@H]6SC[C@@H]7NC(=O)N[C@@H]76)nn5)cc4)cc3)C2=O)ccc1-n1cnc(C)c1. The molecule has 17 heteroatoms. The standard InChI is InChI=1S/C54H64N10O6S/c1-36-32-62(35-57-36)46-24-16-39(30-47(46)70-3)29-43-11-10-28-64(53(43)68)37(2)40-20-22-42(23-21-40)52(67)41-18-14-38(15-19-41)17-25-50(66)55-26-8-4-5-9-27-63-33-44(60-61-63)31-56-49(65)13-7-6-12-48-51-45(34-71-48)58-54(69)59-51/h14-25,29-30,32-33,35,37,45,48,51H,4-13,26-28,31,34H2,1-3H3,(H,55,66)(H,56,65)(H2,58,59,69)/b25-17?,43-29+/t37?,45-,48-,51-/m0/s1. The number of hydrogen-bond donors (Lipinski definition) is 4. The van der Waals surface area contributed by atoms with Gasteiger partial charge in [0.2, 0.25) is 17.7 Å². The molecule has 0 aliphatic carbocycles. The first-order valence-corrected chi connectivity index (χ1v) is 25.8. The Morgan fingerprint density at radius 2 is 1.69 bits per heavy atom. The number of ketones is 1. The number of imidazole rings is 1. The summed E-state index contributed by atoms with van der Waals surface area (Å²) in [7, 11) is 1.64. The van der Waals surface area contributed by atoms with E-state index in [4.69, 9.17) is 4.74 Å². The average molecular weight is 981 g/mol. The Kier molecular flexibility index (Phi) is 17.2. The van der Waals surface area contributed by atoms with Crippen LogP contribution in [0.15, 0.2) is 97.1 Å². The predicted molar refractivity (Wildman–Crippen MR) is 275 cm³/mol.